The predicted octanol–water partition coefficient (Wildman–Crippen LogP) is 11.0. The maximum Gasteiger partial charge on any atom is 0.164 e. The number of rotatable bonds is 6. The van der Waals surface area contributed by atoms with Crippen molar-refractivity contribution in [2.24, 2.45) is 0 Å². The van der Waals surface area contributed by atoms with Crippen LogP contribution in [0.2, 0.25) is 0 Å². The fourth-order valence-electron chi connectivity index (χ4n) is 6.54. The fourth-order valence-corrected chi connectivity index (χ4v) is 6.54. The lowest BCUT2D eigenvalue weighted by Crippen LogP contribution is -2.00. The van der Waals surface area contributed by atoms with Gasteiger partial charge in [0.2, 0.25) is 0 Å². The molecule has 5 heteroatoms. The molecule has 234 valence electrons. The first-order valence-electron chi connectivity index (χ1n) is 16.6. The highest BCUT2D eigenvalue weighted by molar-refractivity contribution is 6.17. The van der Waals surface area contributed by atoms with Gasteiger partial charge in [-0.3, -0.25) is 4.98 Å². The van der Waals surface area contributed by atoms with Crippen LogP contribution in [-0.4, -0.2) is 24.9 Å². The number of pyridine rings is 2. The Morgan fingerprint density at radius 3 is 1.48 bits per heavy atom. The smallest absolute Gasteiger partial charge is 0.164 e. The van der Waals surface area contributed by atoms with Crippen LogP contribution in [0.4, 0.5) is 0 Å². The zero-order valence-electron chi connectivity index (χ0n) is 27.0. The molecule has 0 fully saturated rings. The van der Waals surface area contributed by atoms with Crippen molar-refractivity contribution in [2.75, 3.05) is 0 Å². The second kappa shape index (κ2) is 12.6. The molecule has 0 aliphatic heterocycles. The lowest BCUT2D eigenvalue weighted by Gasteiger charge is -2.15. The summed E-state index contributed by atoms with van der Waals surface area (Å²) in [7, 11) is 0. The van der Waals surface area contributed by atoms with E-state index in [9.17, 15) is 0 Å². The molecule has 0 atom stereocenters. The summed E-state index contributed by atoms with van der Waals surface area (Å²) in [5.41, 5.74) is 9.96. The van der Waals surface area contributed by atoms with Gasteiger partial charge < -0.3 is 0 Å². The van der Waals surface area contributed by atoms with Gasteiger partial charge in [-0.25, -0.2) is 19.9 Å². The first-order valence-corrected chi connectivity index (χ1v) is 16.6. The number of aromatic nitrogens is 5. The van der Waals surface area contributed by atoms with E-state index >= 15 is 0 Å². The molecular formula is C45H29N5. The van der Waals surface area contributed by atoms with Gasteiger partial charge in [0.05, 0.1) is 16.9 Å². The Morgan fingerprint density at radius 1 is 0.340 bits per heavy atom. The molecule has 6 aromatic carbocycles. The predicted molar refractivity (Wildman–Crippen MR) is 203 cm³/mol. The molecule has 9 aromatic rings. The van der Waals surface area contributed by atoms with Crippen LogP contribution in [0.25, 0.3) is 89.5 Å². The summed E-state index contributed by atoms with van der Waals surface area (Å²) in [6.07, 6.45) is 1.85. The normalized spacial score (nSPS) is 11.2. The molecular weight excluding hydrogens is 611 g/mol. The topological polar surface area (TPSA) is 64.5 Å². The van der Waals surface area contributed by atoms with Crippen LogP contribution in [0.1, 0.15) is 0 Å². The maximum absolute atomic E-state index is 5.29. The minimum absolute atomic E-state index is 0.630. The third kappa shape index (κ3) is 5.47. The molecule has 9 rings (SSSR count). The number of hydrogen-bond acceptors (Lipinski definition) is 5. The average molecular weight is 640 g/mol. The van der Waals surface area contributed by atoms with Crippen molar-refractivity contribution in [1.29, 1.82) is 0 Å². The van der Waals surface area contributed by atoms with E-state index < -0.39 is 0 Å². The summed E-state index contributed by atoms with van der Waals surface area (Å²) in [5.74, 6) is 1.92. The fraction of sp³-hybridized carbons (Fsp3) is 0. The molecule has 0 amide bonds. The Balaban J connectivity index is 1.16. The van der Waals surface area contributed by atoms with Crippen molar-refractivity contribution in [2.45, 2.75) is 0 Å². The average Bonchev–Trinajstić information content (AvgIpc) is 3.21. The van der Waals surface area contributed by atoms with E-state index in [1.807, 2.05) is 85.1 Å². The number of fused-ring (bicyclic) bond motifs is 3. The molecule has 0 bridgehead atoms. The van der Waals surface area contributed by atoms with Crippen molar-refractivity contribution < 1.29 is 0 Å². The summed E-state index contributed by atoms with van der Waals surface area (Å²) < 4.78 is 0. The van der Waals surface area contributed by atoms with Crippen molar-refractivity contribution in [3.63, 3.8) is 0 Å². The third-order valence-corrected chi connectivity index (χ3v) is 8.98. The third-order valence-electron chi connectivity index (χ3n) is 8.98. The summed E-state index contributed by atoms with van der Waals surface area (Å²) in [5, 5.41) is 3.34. The van der Waals surface area contributed by atoms with E-state index in [4.69, 9.17) is 24.9 Å². The van der Waals surface area contributed by atoms with E-state index in [2.05, 4.69) is 91.0 Å². The van der Waals surface area contributed by atoms with Crippen LogP contribution >= 0.6 is 0 Å². The van der Waals surface area contributed by atoms with E-state index in [1.54, 1.807) is 0 Å². The van der Waals surface area contributed by atoms with Crippen LogP contribution in [-0.2, 0) is 0 Å². The molecule has 0 saturated heterocycles. The zero-order valence-corrected chi connectivity index (χ0v) is 27.0. The van der Waals surface area contributed by atoms with Gasteiger partial charge in [-0.1, -0.05) is 152 Å². The van der Waals surface area contributed by atoms with Gasteiger partial charge in [-0.2, -0.15) is 0 Å². The van der Waals surface area contributed by atoms with Crippen molar-refractivity contribution >= 4 is 21.7 Å². The first kappa shape index (κ1) is 29.3. The highest BCUT2D eigenvalue weighted by atomic mass is 15.0. The van der Waals surface area contributed by atoms with E-state index in [1.165, 1.54) is 0 Å². The Bertz CT molecular complexity index is 2550. The number of nitrogens with zero attached hydrogens (tertiary/aromatic N) is 5. The van der Waals surface area contributed by atoms with Gasteiger partial charge in [-0.15, -0.1) is 0 Å². The molecule has 0 N–H and O–H groups in total. The maximum atomic E-state index is 5.29. The van der Waals surface area contributed by atoms with Gasteiger partial charge in [0.25, 0.3) is 0 Å². The van der Waals surface area contributed by atoms with Crippen LogP contribution in [0.5, 0.6) is 0 Å². The van der Waals surface area contributed by atoms with Gasteiger partial charge >= 0.3 is 0 Å². The first-order chi connectivity index (χ1) is 24.8. The molecule has 3 aromatic heterocycles. The minimum atomic E-state index is 0.630. The number of hydrogen-bond donors (Lipinski definition) is 0. The highest BCUT2D eigenvalue weighted by Crippen LogP contribution is 2.39. The lowest BCUT2D eigenvalue weighted by molar-refractivity contribution is 1.07. The van der Waals surface area contributed by atoms with Crippen LogP contribution < -0.4 is 0 Å². The molecule has 5 nitrogen and oxygen atoms in total. The van der Waals surface area contributed by atoms with Crippen LogP contribution in [0.15, 0.2) is 176 Å². The molecule has 3 heterocycles. The molecule has 0 radical (unpaired) electrons. The van der Waals surface area contributed by atoms with Crippen molar-refractivity contribution in [1.82, 2.24) is 24.9 Å². The Hall–Kier alpha value is -6.85. The Kier molecular flexibility index (Phi) is 7.41. The Labute approximate surface area is 289 Å². The van der Waals surface area contributed by atoms with E-state index in [0.717, 1.165) is 72.0 Å². The minimum Gasteiger partial charge on any atom is -0.256 e. The summed E-state index contributed by atoms with van der Waals surface area (Å²) in [4.78, 5) is 24.7. The van der Waals surface area contributed by atoms with Gasteiger partial charge in [0, 0.05) is 50.2 Å². The molecule has 0 aliphatic rings. The van der Waals surface area contributed by atoms with Gasteiger partial charge in [0.1, 0.15) is 0 Å². The highest BCUT2D eigenvalue weighted by Gasteiger charge is 2.16. The molecule has 0 aliphatic carbocycles. The van der Waals surface area contributed by atoms with Gasteiger partial charge in [0.15, 0.2) is 17.5 Å². The summed E-state index contributed by atoms with van der Waals surface area (Å²) in [6, 6.07) is 57.9. The van der Waals surface area contributed by atoms with Gasteiger partial charge in [-0.05, 0) is 29.3 Å². The monoisotopic (exact) mass is 639 g/mol. The van der Waals surface area contributed by atoms with E-state index in [-0.39, 0.29) is 0 Å². The van der Waals surface area contributed by atoms with Crippen LogP contribution in [0, 0.1) is 0 Å². The summed E-state index contributed by atoms with van der Waals surface area (Å²) >= 11 is 0. The Morgan fingerprint density at radius 2 is 0.880 bits per heavy atom. The molecule has 0 spiro atoms. The second-order valence-electron chi connectivity index (χ2n) is 12.1. The van der Waals surface area contributed by atoms with E-state index in [0.29, 0.717) is 17.5 Å². The van der Waals surface area contributed by atoms with Crippen molar-refractivity contribution in [3.05, 3.63) is 176 Å². The molecule has 0 saturated carbocycles. The SMILES string of the molecule is c1ccc(-c2nc(-c3ccccc3)nc(-c3ccc(-c4ccc5c(c4)nc(-c4ccccc4)c4cccc(-c6ccccn6)c45)cc3)n2)cc1. The molecule has 50 heavy (non-hydrogen) atoms. The lowest BCUT2D eigenvalue weighted by atomic mass is 9.93. The largest absolute Gasteiger partial charge is 0.256 e. The molecule has 0 unspecified atom stereocenters. The zero-order chi connectivity index (χ0) is 33.3. The number of benzene rings is 6. The second-order valence-corrected chi connectivity index (χ2v) is 12.1. The summed E-state index contributed by atoms with van der Waals surface area (Å²) in [6.45, 7) is 0. The van der Waals surface area contributed by atoms with Crippen molar-refractivity contribution in [3.8, 4) is 67.8 Å². The van der Waals surface area contributed by atoms with Crippen LogP contribution in [0.3, 0.4) is 0 Å². The standard InChI is InChI=1S/C45H29N5/c1-4-13-31(14-5-1)42-38-20-12-19-36(39-21-10-11-28-46-39)41(38)37-27-26-35(29-40(37)47-42)30-22-24-34(25-23-30)45-49-43(32-15-6-2-7-16-32)48-44(50-45)33-17-8-3-9-18-33/h1-29H. The quantitative estimate of drug-likeness (QED) is 0.169.